The third-order valence-corrected chi connectivity index (χ3v) is 4.87. The fourth-order valence-electron chi connectivity index (χ4n) is 3.25. The molecule has 2 rings (SSSR count). The van der Waals surface area contributed by atoms with Crippen LogP contribution in [0.1, 0.15) is 38.7 Å². The number of rotatable bonds is 5. The van der Waals surface area contributed by atoms with E-state index >= 15 is 0 Å². The van der Waals surface area contributed by atoms with Crippen LogP contribution in [-0.2, 0) is 6.54 Å². The first-order valence-corrected chi connectivity index (χ1v) is 7.70. The van der Waals surface area contributed by atoms with E-state index in [-0.39, 0.29) is 0 Å². The predicted octanol–water partition coefficient (Wildman–Crippen LogP) is 2.59. The van der Waals surface area contributed by atoms with Crippen molar-refractivity contribution in [1.29, 1.82) is 0 Å². The van der Waals surface area contributed by atoms with Crippen molar-refractivity contribution in [2.75, 3.05) is 14.2 Å². The molecule has 1 aromatic rings. The molecule has 0 unspecified atom stereocenters. The number of benzene rings is 1. The molecule has 0 amide bonds. The average Bonchev–Trinajstić information content (AvgIpc) is 2.48. The fourth-order valence-corrected chi connectivity index (χ4v) is 3.25. The van der Waals surface area contributed by atoms with Gasteiger partial charge in [-0.3, -0.25) is 0 Å². The van der Waals surface area contributed by atoms with E-state index in [1.165, 1.54) is 24.8 Å². The topological polar surface area (TPSA) is 35.1 Å². The number of methoxy groups -OCH3 is 2. The fraction of sp³-hybridized carbons (Fsp3) is 0.647. The zero-order chi connectivity index (χ0) is 14.5. The van der Waals surface area contributed by atoms with E-state index < -0.39 is 0 Å². The Hall–Kier alpha value is -1.22. The molecule has 0 aromatic heterocycles. The molecule has 20 heavy (non-hydrogen) atoms. The lowest BCUT2D eigenvalue weighted by atomic mass is 9.78. The van der Waals surface area contributed by atoms with Gasteiger partial charge in [-0.15, -0.1) is 0 Å². The average molecular weight is 278 g/mol. The molecule has 0 radical (unpaired) electrons. The van der Waals surface area contributed by atoms with Crippen molar-refractivity contribution in [2.45, 2.75) is 45.7 Å². The number of quaternary nitrogens is 1. The summed E-state index contributed by atoms with van der Waals surface area (Å²) in [5.74, 6) is 3.29. The second-order valence-corrected chi connectivity index (χ2v) is 6.06. The molecule has 0 saturated heterocycles. The minimum atomic E-state index is 0.756. The van der Waals surface area contributed by atoms with Gasteiger partial charge in [0, 0.05) is 11.5 Å². The van der Waals surface area contributed by atoms with Gasteiger partial charge < -0.3 is 14.8 Å². The van der Waals surface area contributed by atoms with Gasteiger partial charge in [-0.2, -0.15) is 0 Å². The lowest BCUT2D eigenvalue weighted by Gasteiger charge is -2.32. The SMILES string of the molecule is COc1ccc(C[NH2+][C@@H]2CCC[C@H](C)[C@@H]2C)cc1OC. The van der Waals surface area contributed by atoms with Crippen LogP contribution < -0.4 is 14.8 Å². The van der Waals surface area contributed by atoms with Crippen LogP contribution in [0.25, 0.3) is 0 Å². The molecule has 0 heterocycles. The van der Waals surface area contributed by atoms with Crippen LogP contribution in [-0.4, -0.2) is 20.3 Å². The van der Waals surface area contributed by atoms with Crippen LogP contribution in [0.3, 0.4) is 0 Å². The molecule has 2 N–H and O–H groups in total. The van der Waals surface area contributed by atoms with E-state index in [1.807, 2.05) is 6.07 Å². The zero-order valence-electron chi connectivity index (χ0n) is 13.2. The van der Waals surface area contributed by atoms with Crippen molar-refractivity contribution in [1.82, 2.24) is 0 Å². The molecule has 0 spiro atoms. The first-order valence-electron chi connectivity index (χ1n) is 7.70. The highest BCUT2D eigenvalue weighted by atomic mass is 16.5. The molecule has 3 atom stereocenters. The van der Waals surface area contributed by atoms with Crippen LogP contribution in [0, 0.1) is 11.8 Å². The maximum Gasteiger partial charge on any atom is 0.161 e. The van der Waals surface area contributed by atoms with Crippen LogP contribution in [0.2, 0.25) is 0 Å². The number of ether oxygens (including phenoxy) is 2. The van der Waals surface area contributed by atoms with Crippen LogP contribution in [0.5, 0.6) is 11.5 Å². The summed E-state index contributed by atoms with van der Waals surface area (Å²) in [5.41, 5.74) is 1.30. The van der Waals surface area contributed by atoms with E-state index in [0.29, 0.717) is 0 Å². The Morgan fingerprint density at radius 3 is 2.55 bits per heavy atom. The molecule has 1 aliphatic rings. The van der Waals surface area contributed by atoms with E-state index in [1.54, 1.807) is 14.2 Å². The first-order chi connectivity index (χ1) is 9.65. The van der Waals surface area contributed by atoms with E-state index in [9.17, 15) is 0 Å². The van der Waals surface area contributed by atoms with E-state index in [0.717, 1.165) is 35.9 Å². The van der Waals surface area contributed by atoms with Gasteiger partial charge >= 0.3 is 0 Å². The van der Waals surface area contributed by atoms with Crippen molar-refractivity contribution < 1.29 is 14.8 Å². The monoisotopic (exact) mass is 278 g/mol. The summed E-state index contributed by atoms with van der Waals surface area (Å²) >= 11 is 0. The quantitative estimate of drug-likeness (QED) is 0.898. The van der Waals surface area contributed by atoms with E-state index in [2.05, 4.69) is 31.3 Å². The Morgan fingerprint density at radius 2 is 1.85 bits per heavy atom. The molecular formula is C17H28NO2+. The molecule has 1 aliphatic carbocycles. The molecule has 112 valence electrons. The summed E-state index contributed by atoms with van der Waals surface area (Å²) in [6, 6.07) is 6.97. The normalized spacial score (nSPS) is 26.3. The van der Waals surface area contributed by atoms with Gasteiger partial charge in [-0.05, 0) is 43.4 Å². The third kappa shape index (κ3) is 3.45. The highest BCUT2D eigenvalue weighted by molar-refractivity contribution is 5.42. The highest BCUT2D eigenvalue weighted by Crippen LogP contribution is 2.29. The zero-order valence-corrected chi connectivity index (χ0v) is 13.2. The molecular weight excluding hydrogens is 250 g/mol. The second-order valence-electron chi connectivity index (χ2n) is 6.06. The second kappa shape index (κ2) is 6.98. The van der Waals surface area contributed by atoms with E-state index in [4.69, 9.17) is 9.47 Å². The van der Waals surface area contributed by atoms with Crippen molar-refractivity contribution in [3.8, 4) is 11.5 Å². The molecule has 3 heteroatoms. The predicted molar refractivity (Wildman–Crippen MR) is 81.1 cm³/mol. The molecule has 1 fully saturated rings. The molecule has 0 bridgehead atoms. The van der Waals surface area contributed by atoms with Crippen molar-refractivity contribution in [2.24, 2.45) is 11.8 Å². The van der Waals surface area contributed by atoms with Gasteiger partial charge in [0.15, 0.2) is 11.5 Å². The molecule has 1 aromatic carbocycles. The van der Waals surface area contributed by atoms with Crippen molar-refractivity contribution >= 4 is 0 Å². The first kappa shape index (κ1) is 15.2. The van der Waals surface area contributed by atoms with Crippen LogP contribution >= 0.6 is 0 Å². The standard InChI is InChI=1S/C17H27NO2/c1-12-6-5-7-15(13(12)2)18-11-14-8-9-16(19-3)17(10-14)20-4/h8-10,12-13,15,18H,5-7,11H2,1-4H3/p+1/t12-,13-,15+/m0/s1. The smallest absolute Gasteiger partial charge is 0.161 e. The van der Waals surface area contributed by atoms with Gasteiger partial charge in [-0.1, -0.05) is 13.8 Å². The van der Waals surface area contributed by atoms with Crippen molar-refractivity contribution in [3.63, 3.8) is 0 Å². The Morgan fingerprint density at radius 1 is 1.10 bits per heavy atom. The Bertz CT molecular complexity index is 433. The number of nitrogens with two attached hydrogens (primary N) is 1. The minimum Gasteiger partial charge on any atom is -0.493 e. The summed E-state index contributed by atoms with van der Waals surface area (Å²) in [5, 5.41) is 2.50. The highest BCUT2D eigenvalue weighted by Gasteiger charge is 2.29. The molecule has 0 aliphatic heterocycles. The summed E-state index contributed by atoms with van der Waals surface area (Å²) in [6.45, 7) is 5.81. The van der Waals surface area contributed by atoms with Gasteiger partial charge in [-0.25, -0.2) is 0 Å². The summed E-state index contributed by atoms with van der Waals surface area (Å²) in [4.78, 5) is 0. The Kier molecular flexibility index (Phi) is 5.30. The molecule has 1 saturated carbocycles. The maximum atomic E-state index is 5.37. The van der Waals surface area contributed by atoms with Gasteiger partial charge in [0.05, 0.1) is 20.3 Å². The summed E-state index contributed by atoms with van der Waals surface area (Å²) in [7, 11) is 3.37. The van der Waals surface area contributed by atoms with Crippen LogP contribution in [0.4, 0.5) is 0 Å². The largest absolute Gasteiger partial charge is 0.493 e. The van der Waals surface area contributed by atoms with Gasteiger partial charge in [0.2, 0.25) is 0 Å². The third-order valence-electron chi connectivity index (χ3n) is 4.87. The number of hydrogen-bond donors (Lipinski definition) is 1. The van der Waals surface area contributed by atoms with Crippen LogP contribution in [0.15, 0.2) is 18.2 Å². The maximum absolute atomic E-state index is 5.37. The Labute approximate surface area is 122 Å². The van der Waals surface area contributed by atoms with Gasteiger partial charge in [0.25, 0.3) is 0 Å². The lowest BCUT2D eigenvalue weighted by Crippen LogP contribution is -2.90. The lowest BCUT2D eigenvalue weighted by molar-refractivity contribution is -0.713. The number of hydrogen-bond acceptors (Lipinski definition) is 2. The minimum absolute atomic E-state index is 0.756. The van der Waals surface area contributed by atoms with Crippen molar-refractivity contribution in [3.05, 3.63) is 23.8 Å². The summed E-state index contributed by atoms with van der Waals surface area (Å²) < 4.78 is 10.6. The Balaban J connectivity index is 1.96. The molecule has 3 nitrogen and oxygen atoms in total. The van der Waals surface area contributed by atoms with Gasteiger partial charge in [0.1, 0.15) is 6.54 Å². The summed E-state index contributed by atoms with van der Waals surface area (Å²) in [6.07, 6.45) is 4.11.